The maximum atomic E-state index is 13.5. The lowest BCUT2D eigenvalue weighted by molar-refractivity contribution is 0.600. The first kappa shape index (κ1) is 15.3. The highest BCUT2D eigenvalue weighted by atomic mass is 79.9. The van der Waals surface area contributed by atoms with Crippen molar-refractivity contribution in [2.75, 3.05) is 10.5 Å². The van der Waals surface area contributed by atoms with E-state index in [4.69, 9.17) is 11.0 Å². The zero-order valence-corrected chi connectivity index (χ0v) is 12.9. The highest BCUT2D eigenvalue weighted by molar-refractivity contribution is 9.10. The van der Waals surface area contributed by atoms with E-state index in [-0.39, 0.29) is 21.8 Å². The summed E-state index contributed by atoms with van der Waals surface area (Å²) in [5.41, 5.74) is 5.33. The number of halogens is 2. The number of anilines is 2. The standard InChI is InChI=1S/C13H9BrFN3O2S/c14-10-5-4-8(17)6-13(10)21(19,20)18-12-3-1-2-11(15)9(12)7-16/h1-6,18H,17H2. The molecule has 0 saturated heterocycles. The van der Waals surface area contributed by atoms with Crippen LogP contribution in [0.4, 0.5) is 15.8 Å². The minimum Gasteiger partial charge on any atom is -0.399 e. The van der Waals surface area contributed by atoms with Crippen molar-refractivity contribution in [3.63, 3.8) is 0 Å². The Morgan fingerprint density at radius 1 is 1.29 bits per heavy atom. The van der Waals surface area contributed by atoms with E-state index in [2.05, 4.69) is 20.7 Å². The normalized spacial score (nSPS) is 10.9. The van der Waals surface area contributed by atoms with Crippen LogP contribution in [0.25, 0.3) is 0 Å². The van der Waals surface area contributed by atoms with E-state index in [0.717, 1.165) is 6.07 Å². The van der Waals surface area contributed by atoms with Crippen molar-refractivity contribution in [3.8, 4) is 6.07 Å². The summed E-state index contributed by atoms with van der Waals surface area (Å²) in [6, 6.07) is 9.60. The van der Waals surface area contributed by atoms with Crippen LogP contribution in [0, 0.1) is 17.1 Å². The van der Waals surface area contributed by atoms with Crippen molar-refractivity contribution in [2.24, 2.45) is 0 Å². The smallest absolute Gasteiger partial charge is 0.263 e. The number of nitrogens with two attached hydrogens (primary N) is 1. The summed E-state index contributed by atoms with van der Waals surface area (Å²) in [4.78, 5) is -0.101. The first-order valence-corrected chi connectivity index (χ1v) is 7.89. The number of rotatable bonds is 3. The molecule has 8 heteroatoms. The minimum absolute atomic E-state index is 0.101. The fraction of sp³-hybridized carbons (Fsp3) is 0. The fourth-order valence-electron chi connectivity index (χ4n) is 1.65. The van der Waals surface area contributed by atoms with Gasteiger partial charge in [0.05, 0.1) is 5.69 Å². The van der Waals surface area contributed by atoms with Gasteiger partial charge in [0.15, 0.2) is 0 Å². The second kappa shape index (κ2) is 5.71. The van der Waals surface area contributed by atoms with E-state index in [1.807, 2.05) is 0 Å². The quantitative estimate of drug-likeness (QED) is 0.812. The molecule has 2 aromatic rings. The lowest BCUT2D eigenvalue weighted by Gasteiger charge is -2.11. The topological polar surface area (TPSA) is 96.0 Å². The molecule has 0 aliphatic rings. The molecular weight excluding hydrogens is 361 g/mol. The Morgan fingerprint density at radius 3 is 2.67 bits per heavy atom. The lowest BCUT2D eigenvalue weighted by Crippen LogP contribution is -2.15. The number of benzene rings is 2. The summed E-state index contributed by atoms with van der Waals surface area (Å²) in [5.74, 6) is -0.802. The van der Waals surface area contributed by atoms with Gasteiger partial charge in [-0.1, -0.05) is 6.07 Å². The van der Waals surface area contributed by atoms with Gasteiger partial charge in [-0.05, 0) is 46.3 Å². The summed E-state index contributed by atoms with van der Waals surface area (Å²) >= 11 is 3.12. The van der Waals surface area contributed by atoms with Gasteiger partial charge in [0.25, 0.3) is 10.0 Å². The van der Waals surface area contributed by atoms with Crippen LogP contribution >= 0.6 is 15.9 Å². The van der Waals surface area contributed by atoms with Gasteiger partial charge in [0.2, 0.25) is 0 Å². The fourth-order valence-corrected chi connectivity index (χ4v) is 3.72. The van der Waals surface area contributed by atoms with Crippen LogP contribution in [-0.2, 0) is 10.0 Å². The molecule has 0 unspecified atom stereocenters. The van der Waals surface area contributed by atoms with Crippen LogP contribution in [0.5, 0.6) is 0 Å². The molecule has 2 aromatic carbocycles. The van der Waals surface area contributed by atoms with Crippen LogP contribution < -0.4 is 10.5 Å². The van der Waals surface area contributed by atoms with E-state index < -0.39 is 15.8 Å². The van der Waals surface area contributed by atoms with Crippen LogP contribution in [0.2, 0.25) is 0 Å². The third-order valence-corrected chi connectivity index (χ3v) is 4.97. The Bertz CT molecular complexity index is 847. The molecule has 0 spiro atoms. The van der Waals surface area contributed by atoms with E-state index in [9.17, 15) is 12.8 Å². The summed E-state index contributed by atoms with van der Waals surface area (Å²) in [6.45, 7) is 0. The molecule has 5 nitrogen and oxygen atoms in total. The summed E-state index contributed by atoms with van der Waals surface area (Å²) in [7, 11) is -4.01. The van der Waals surface area contributed by atoms with Crippen molar-refractivity contribution in [1.29, 1.82) is 5.26 Å². The van der Waals surface area contributed by atoms with Crippen LogP contribution in [-0.4, -0.2) is 8.42 Å². The Hall–Kier alpha value is -2.11. The molecular formula is C13H9BrFN3O2S. The van der Waals surface area contributed by atoms with Gasteiger partial charge in [-0.25, -0.2) is 12.8 Å². The van der Waals surface area contributed by atoms with E-state index in [1.165, 1.54) is 30.3 Å². The van der Waals surface area contributed by atoms with Crippen LogP contribution in [0.15, 0.2) is 45.8 Å². The average molecular weight is 370 g/mol. The van der Waals surface area contributed by atoms with Crippen molar-refractivity contribution in [3.05, 3.63) is 52.3 Å². The Labute approximate surface area is 129 Å². The van der Waals surface area contributed by atoms with Gasteiger partial charge in [-0.15, -0.1) is 0 Å². The van der Waals surface area contributed by atoms with Crippen molar-refractivity contribution >= 4 is 37.3 Å². The average Bonchev–Trinajstić information content (AvgIpc) is 2.41. The van der Waals surface area contributed by atoms with Crippen LogP contribution in [0.3, 0.4) is 0 Å². The summed E-state index contributed by atoms with van der Waals surface area (Å²) in [6.07, 6.45) is 0. The molecule has 0 aliphatic heterocycles. The molecule has 0 saturated carbocycles. The zero-order chi connectivity index (χ0) is 15.6. The second-order valence-electron chi connectivity index (χ2n) is 4.07. The molecule has 0 aromatic heterocycles. The first-order valence-electron chi connectivity index (χ1n) is 5.61. The minimum atomic E-state index is -4.01. The van der Waals surface area contributed by atoms with E-state index >= 15 is 0 Å². The molecule has 0 fully saturated rings. The molecule has 0 radical (unpaired) electrons. The molecule has 2 rings (SSSR count). The number of nitriles is 1. The monoisotopic (exact) mass is 369 g/mol. The molecule has 0 amide bonds. The third-order valence-electron chi connectivity index (χ3n) is 2.61. The van der Waals surface area contributed by atoms with Gasteiger partial charge in [-0.2, -0.15) is 5.26 Å². The van der Waals surface area contributed by atoms with Crippen LogP contribution in [0.1, 0.15) is 5.56 Å². The second-order valence-corrected chi connectivity index (χ2v) is 6.57. The predicted octanol–water partition coefficient (Wildman–Crippen LogP) is 2.84. The number of hydrogen-bond acceptors (Lipinski definition) is 4. The predicted molar refractivity (Wildman–Crippen MR) is 80.5 cm³/mol. The Kier molecular flexibility index (Phi) is 4.16. The first-order chi connectivity index (χ1) is 9.85. The number of hydrogen-bond donors (Lipinski definition) is 2. The molecule has 0 atom stereocenters. The van der Waals surface area contributed by atoms with Crippen molar-refractivity contribution in [1.82, 2.24) is 0 Å². The van der Waals surface area contributed by atoms with Gasteiger partial charge < -0.3 is 5.73 Å². The molecule has 0 heterocycles. The Balaban J connectivity index is 2.51. The Morgan fingerprint density at radius 2 is 2.00 bits per heavy atom. The molecule has 21 heavy (non-hydrogen) atoms. The lowest BCUT2D eigenvalue weighted by atomic mass is 10.2. The molecule has 3 N–H and O–H groups in total. The van der Waals surface area contributed by atoms with E-state index in [1.54, 1.807) is 6.07 Å². The molecule has 108 valence electrons. The zero-order valence-electron chi connectivity index (χ0n) is 10.5. The summed E-state index contributed by atoms with van der Waals surface area (Å²) in [5, 5.41) is 8.91. The van der Waals surface area contributed by atoms with Gasteiger partial charge in [-0.3, -0.25) is 4.72 Å². The van der Waals surface area contributed by atoms with E-state index in [0.29, 0.717) is 4.47 Å². The SMILES string of the molecule is N#Cc1c(F)cccc1NS(=O)(=O)c1cc(N)ccc1Br. The van der Waals surface area contributed by atoms with Gasteiger partial charge in [0.1, 0.15) is 22.3 Å². The third kappa shape index (κ3) is 3.15. The largest absolute Gasteiger partial charge is 0.399 e. The molecule has 0 bridgehead atoms. The highest BCUT2D eigenvalue weighted by Gasteiger charge is 2.20. The summed E-state index contributed by atoms with van der Waals surface area (Å²) < 4.78 is 40.6. The van der Waals surface area contributed by atoms with Gasteiger partial charge in [0, 0.05) is 10.2 Å². The molecule has 0 aliphatic carbocycles. The number of sulfonamides is 1. The van der Waals surface area contributed by atoms with Crippen molar-refractivity contribution in [2.45, 2.75) is 4.90 Å². The maximum absolute atomic E-state index is 13.5. The maximum Gasteiger partial charge on any atom is 0.263 e. The number of nitrogen functional groups attached to an aromatic ring is 1. The highest BCUT2D eigenvalue weighted by Crippen LogP contribution is 2.27. The van der Waals surface area contributed by atoms with Crippen molar-refractivity contribution < 1.29 is 12.8 Å². The number of nitrogens with one attached hydrogen (secondary N) is 1. The van der Waals surface area contributed by atoms with Gasteiger partial charge >= 0.3 is 0 Å². The number of nitrogens with zero attached hydrogens (tertiary/aromatic N) is 1.